The normalized spacial score (nSPS) is 10.4. The minimum Gasteiger partial charge on any atom is -0.476 e. The third-order valence-electron chi connectivity index (χ3n) is 2.01. The molecule has 0 aliphatic carbocycles. The molecule has 0 fully saturated rings. The first-order chi connectivity index (χ1) is 7.59. The number of furan rings is 1. The largest absolute Gasteiger partial charge is 0.476 e. The van der Waals surface area contributed by atoms with Crippen molar-refractivity contribution in [2.75, 3.05) is 0 Å². The highest BCUT2D eigenvalue weighted by Crippen LogP contribution is 2.23. The molecule has 2 heterocycles. The zero-order valence-electron chi connectivity index (χ0n) is 8.27. The summed E-state index contributed by atoms with van der Waals surface area (Å²) in [6.45, 7) is 1.84. The molecule has 0 aliphatic heterocycles. The third kappa shape index (κ3) is 1.83. The zero-order valence-corrected chi connectivity index (χ0v) is 9.85. The van der Waals surface area contributed by atoms with Crippen LogP contribution in [-0.4, -0.2) is 21.0 Å². The first-order valence-electron chi connectivity index (χ1n) is 4.40. The summed E-state index contributed by atoms with van der Waals surface area (Å²) in [5.74, 6) is -0.363. The SMILES string of the molecule is Cc1ccoc1-c1ncc(Br)c(C(=O)O)n1. The van der Waals surface area contributed by atoms with Gasteiger partial charge in [-0.05, 0) is 34.5 Å². The molecular formula is C10H7BrN2O3. The Bertz CT molecular complexity index is 551. The van der Waals surface area contributed by atoms with Gasteiger partial charge in [-0.3, -0.25) is 0 Å². The molecule has 2 aromatic rings. The number of aromatic carboxylic acids is 1. The number of carbonyl (C=O) groups is 1. The van der Waals surface area contributed by atoms with Crippen LogP contribution in [0.1, 0.15) is 16.1 Å². The summed E-state index contributed by atoms with van der Waals surface area (Å²) < 4.78 is 5.53. The summed E-state index contributed by atoms with van der Waals surface area (Å²) in [5.41, 5.74) is 0.777. The number of rotatable bonds is 2. The van der Waals surface area contributed by atoms with Gasteiger partial charge in [0.25, 0.3) is 0 Å². The van der Waals surface area contributed by atoms with E-state index in [1.54, 1.807) is 6.07 Å². The van der Waals surface area contributed by atoms with Crippen LogP contribution < -0.4 is 0 Å². The van der Waals surface area contributed by atoms with Crippen LogP contribution in [0.25, 0.3) is 11.6 Å². The van der Waals surface area contributed by atoms with Crippen LogP contribution in [0.3, 0.4) is 0 Å². The van der Waals surface area contributed by atoms with Crippen LogP contribution in [0.4, 0.5) is 0 Å². The summed E-state index contributed by atoms with van der Waals surface area (Å²) in [6, 6.07) is 1.77. The van der Waals surface area contributed by atoms with Gasteiger partial charge in [-0.2, -0.15) is 0 Å². The van der Waals surface area contributed by atoms with E-state index in [0.717, 1.165) is 5.56 Å². The molecule has 0 radical (unpaired) electrons. The van der Waals surface area contributed by atoms with Crippen molar-refractivity contribution in [3.05, 3.63) is 34.3 Å². The van der Waals surface area contributed by atoms with Gasteiger partial charge in [0.2, 0.25) is 0 Å². The van der Waals surface area contributed by atoms with Crippen LogP contribution in [-0.2, 0) is 0 Å². The van der Waals surface area contributed by atoms with Gasteiger partial charge in [0.05, 0.1) is 10.7 Å². The highest BCUT2D eigenvalue weighted by molar-refractivity contribution is 9.10. The lowest BCUT2D eigenvalue weighted by Gasteiger charge is -2.01. The Balaban J connectivity index is 2.56. The van der Waals surface area contributed by atoms with Gasteiger partial charge in [-0.25, -0.2) is 14.8 Å². The molecule has 5 nitrogen and oxygen atoms in total. The maximum absolute atomic E-state index is 10.9. The van der Waals surface area contributed by atoms with Crippen LogP contribution in [0.5, 0.6) is 0 Å². The molecule has 0 amide bonds. The fourth-order valence-electron chi connectivity index (χ4n) is 1.23. The molecule has 0 unspecified atom stereocenters. The molecule has 0 saturated heterocycles. The number of hydrogen-bond acceptors (Lipinski definition) is 4. The lowest BCUT2D eigenvalue weighted by Crippen LogP contribution is -2.04. The average Bonchev–Trinajstić information content (AvgIpc) is 2.65. The maximum atomic E-state index is 10.9. The van der Waals surface area contributed by atoms with E-state index in [-0.39, 0.29) is 11.5 Å². The second kappa shape index (κ2) is 4.05. The van der Waals surface area contributed by atoms with Gasteiger partial charge in [0, 0.05) is 6.20 Å². The van der Waals surface area contributed by atoms with Crippen molar-refractivity contribution >= 4 is 21.9 Å². The second-order valence-electron chi connectivity index (χ2n) is 3.13. The maximum Gasteiger partial charge on any atom is 0.355 e. The molecular weight excluding hydrogens is 276 g/mol. The molecule has 0 spiro atoms. The monoisotopic (exact) mass is 282 g/mol. The first kappa shape index (κ1) is 10.8. The van der Waals surface area contributed by atoms with Crippen molar-refractivity contribution in [2.45, 2.75) is 6.92 Å². The molecule has 1 N–H and O–H groups in total. The van der Waals surface area contributed by atoms with Gasteiger partial charge in [-0.1, -0.05) is 0 Å². The van der Waals surface area contributed by atoms with Crippen LogP contribution >= 0.6 is 15.9 Å². The van der Waals surface area contributed by atoms with Crippen LogP contribution in [0, 0.1) is 6.92 Å². The molecule has 6 heteroatoms. The van der Waals surface area contributed by atoms with Gasteiger partial charge in [-0.15, -0.1) is 0 Å². The molecule has 2 rings (SSSR count). The Kier molecular flexibility index (Phi) is 2.74. The zero-order chi connectivity index (χ0) is 11.7. The van der Waals surface area contributed by atoms with Crippen molar-refractivity contribution in [3.8, 4) is 11.6 Å². The van der Waals surface area contributed by atoms with Gasteiger partial charge < -0.3 is 9.52 Å². The van der Waals surface area contributed by atoms with E-state index >= 15 is 0 Å². The lowest BCUT2D eigenvalue weighted by molar-refractivity contribution is 0.0689. The van der Waals surface area contributed by atoms with Crippen molar-refractivity contribution in [1.29, 1.82) is 0 Å². The highest BCUT2D eigenvalue weighted by Gasteiger charge is 2.15. The molecule has 2 aromatic heterocycles. The molecule has 0 atom stereocenters. The van der Waals surface area contributed by atoms with E-state index in [1.807, 2.05) is 6.92 Å². The van der Waals surface area contributed by atoms with E-state index in [2.05, 4.69) is 25.9 Å². The number of aromatic nitrogens is 2. The average molecular weight is 283 g/mol. The van der Waals surface area contributed by atoms with Crippen molar-refractivity contribution in [2.24, 2.45) is 0 Å². The van der Waals surface area contributed by atoms with Crippen LogP contribution in [0.15, 0.2) is 27.4 Å². The minimum absolute atomic E-state index is 0.0826. The van der Waals surface area contributed by atoms with Crippen molar-refractivity contribution in [3.63, 3.8) is 0 Å². The predicted octanol–water partition coefficient (Wildman–Crippen LogP) is 2.51. The fourth-order valence-corrected chi connectivity index (χ4v) is 1.59. The van der Waals surface area contributed by atoms with E-state index in [9.17, 15) is 4.79 Å². The summed E-state index contributed by atoms with van der Waals surface area (Å²) >= 11 is 3.08. The minimum atomic E-state index is -1.11. The van der Waals surface area contributed by atoms with E-state index in [1.165, 1.54) is 12.5 Å². The smallest absolute Gasteiger partial charge is 0.355 e. The van der Waals surface area contributed by atoms with Crippen LogP contribution in [0.2, 0.25) is 0 Å². The van der Waals surface area contributed by atoms with E-state index < -0.39 is 5.97 Å². The summed E-state index contributed by atoms with van der Waals surface area (Å²) in [4.78, 5) is 18.8. The van der Waals surface area contributed by atoms with Gasteiger partial charge in [0.1, 0.15) is 0 Å². The molecule has 0 saturated carbocycles. The molecule has 82 valence electrons. The summed E-state index contributed by atoms with van der Waals surface area (Å²) in [7, 11) is 0. The summed E-state index contributed by atoms with van der Waals surface area (Å²) in [6.07, 6.45) is 2.91. The number of hydrogen-bond donors (Lipinski definition) is 1. The topological polar surface area (TPSA) is 76.2 Å². The quantitative estimate of drug-likeness (QED) is 0.916. The Morgan fingerprint density at radius 2 is 2.31 bits per heavy atom. The highest BCUT2D eigenvalue weighted by atomic mass is 79.9. The standard InChI is InChI=1S/C10H7BrN2O3/c1-5-2-3-16-8(5)9-12-4-6(11)7(13-9)10(14)15/h2-4H,1H3,(H,14,15). The van der Waals surface area contributed by atoms with Gasteiger partial charge >= 0.3 is 5.97 Å². The Morgan fingerprint density at radius 1 is 1.56 bits per heavy atom. The molecule has 0 aromatic carbocycles. The second-order valence-corrected chi connectivity index (χ2v) is 3.98. The number of halogens is 1. The lowest BCUT2D eigenvalue weighted by atomic mass is 10.2. The molecule has 0 bridgehead atoms. The third-order valence-corrected chi connectivity index (χ3v) is 2.59. The van der Waals surface area contributed by atoms with Crippen molar-refractivity contribution < 1.29 is 14.3 Å². The molecule has 16 heavy (non-hydrogen) atoms. The van der Waals surface area contributed by atoms with Gasteiger partial charge in [0.15, 0.2) is 17.3 Å². The summed E-state index contributed by atoms with van der Waals surface area (Å²) in [5, 5.41) is 8.91. The molecule has 0 aliphatic rings. The first-order valence-corrected chi connectivity index (χ1v) is 5.19. The van der Waals surface area contributed by atoms with Crippen molar-refractivity contribution in [1.82, 2.24) is 9.97 Å². The van der Waals surface area contributed by atoms with E-state index in [4.69, 9.17) is 9.52 Å². The number of aryl methyl sites for hydroxylation is 1. The predicted molar refractivity (Wildman–Crippen MR) is 59.1 cm³/mol. The number of nitrogens with zero attached hydrogens (tertiary/aromatic N) is 2. The fraction of sp³-hybridized carbons (Fsp3) is 0.100. The van der Waals surface area contributed by atoms with E-state index in [0.29, 0.717) is 10.2 Å². The Morgan fingerprint density at radius 3 is 2.88 bits per heavy atom. The Hall–Kier alpha value is -1.69. The number of carboxylic acid groups (broad SMARTS) is 1. The Labute approximate surface area is 99.3 Å². The number of carboxylic acids is 1.